The van der Waals surface area contributed by atoms with Gasteiger partial charge >= 0.3 is 0 Å². The number of carbonyl (C=O) groups excluding carboxylic acids is 1. The molecule has 0 atom stereocenters. The second-order valence-corrected chi connectivity index (χ2v) is 5.99. The molecule has 2 fully saturated rings. The summed E-state index contributed by atoms with van der Waals surface area (Å²) < 4.78 is 5.23. The van der Waals surface area contributed by atoms with Gasteiger partial charge in [0.2, 0.25) is 0 Å². The Labute approximate surface area is 113 Å². The normalized spacial score (nSPS) is 20.5. The number of rotatable bonds is 5. The second-order valence-electron chi connectivity index (χ2n) is 5.99. The standard InChI is InChI=1S/C15H20N2O2/c1-15(9-19-10-15)8-16-13-4-2-3-11(7-13)14(18)17-12-5-6-12/h2-4,7,12,16H,5-6,8-10H2,1H3,(H,17,18). The van der Waals surface area contributed by atoms with E-state index in [2.05, 4.69) is 17.6 Å². The van der Waals surface area contributed by atoms with E-state index in [9.17, 15) is 4.79 Å². The first-order chi connectivity index (χ1) is 9.15. The Bertz CT molecular complexity index is 479. The Morgan fingerprint density at radius 2 is 2.21 bits per heavy atom. The number of amides is 1. The number of hydrogen-bond acceptors (Lipinski definition) is 3. The van der Waals surface area contributed by atoms with Gasteiger partial charge in [-0.1, -0.05) is 13.0 Å². The maximum Gasteiger partial charge on any atom is 0.251 e. The smallest absolute Gasteiger partial charge is 0.251 e. The lowest BCUT2D eigenvalue weighted by atomic mass is 9.88. The van der Waals surface area contributed by atoms with Gasteiger partial charge in [0.1, 0.15) is 0 Å². The third kappa shape index (κ3) is 3.07. The van der Waals surface area contributed by atoms with Gasteiger partial charge in [-0.15, -0.1) is 0 Å². The summed E-state index contributed by atoms with van der Waals surface area (Å²) in [7, 11) is 0. The van der Waals surface area contributed by atoms with Crippen LogP contribution in [0.15, 0.2) is 24.3 Å². The number of nitrogens with one attached hydrogen (secondary N) is 2. The SMILES string of the molecule is CC1(CNc2cccc(C(=O)NC3CC3)c2)COC1. The van der Waals surface area contributed by atoms with Gasteiger partial charge in [-0.2, -0.15) is 0 Å². The number of ether oxygens (including phenoxy) is 1. The average molecular weight is 260 g/mol. The van der Waals surface area contributed by atoms with Crippen LogP contribution in [0.2, 0.25) is 0 Å². The molecule has 19 heavy (non-hydrogen) atoms. The van der Waals surface area contributed by atoms with Gasteiger partial charge in [0.25, 0.3) is 5.91 Å². The van der Waals surface area contributed by atoms with Gasteiger partial charge in [-0.25, -0.2) is 0 Å². The molecular weight excluding hydrogens is 240 g/mol. The maximum atomic E-state index is 12.0. The summed E-state index contributed by atoms with van der Waals surface area (Å²) in [5.74, 6) is 0.0318. The molecule has 0 spiro atoms. The lowest BCUT2D eigenvalue weighted by Crippen LogP contribution is -2.45. The molecule has 4 nitrogen and oxygen atoms in total. The Morgan fingerprint density at radius 3 is 2.84 bits per heavy atom. The summed E-state index contributed by atoms with van der Waals surface area (Å²) >= 11 is 0. The molecule has 3 rings (SSSR count). The van der Waals surface area contributed by atoms with E-state index in [-0.39, 0.29) is 11.3 Å². The number of anilines is 1. The molecule has 1 saturated heterocycles. The highest BCUT2D eigenvalue weighted by molar-refractivity contribution is 5.95. The molecule has 1 heterocycles. The molecule has 0 bridgehead atoms. The minimum atomic E-state index is 0.0318. The van der Waals surface area contributed by atoms with E-state index in [0.717, 1.165) is 43.9 Å². The average Bonchev–Trinajstić information content (AvgIpc) is 3.18. The first-order valence-electron chi connectivity index (χ1n) is 6.87. The Morgan fingerprint density at radius 1 is 1.42 bits per heavy atom. The van der Waals surface area contributed by atoms with Gasteiger partial charge in [0.15, 0.2) is 0 Å². The first kappa shape index (κ1) is 12.5. The van der Waals surface area contributed by atoms with Gasteiger partial charge in [0, 0.05) is 29.3 Å². The van der Waals surface area contributed by atoms with Crippen molar-refractivity contribution in [2.24, 2.45) is 5.41 Å². The fourth-order valence-electron chi connectivity index (χ4n) is 2.13. The van der Waals surface area contributed by atoms with Crippen molar-refractivity contribution in [3.8, 4) is 0 Å². The van der Waals surface area contributed by atoms with E-state index in [1.54, 1.807) is 0 Å². The third-order valence-corrected chi connectivity index (χ3v) is 3.66. The molecule has 1 aliphatic carbocycles. The van der Waals surface area contributed by atoms with Gasteiger partial charge in [-0.3, -0.25) is 4.79 Å². The van der Waals surface area contributed by atoms with Gasteiger partial charge in [0.05, 0.1) is 13.2 Å². The van der Waals surface area contributed by atoms with Crippen molar-refractivity contribution in [2.45, 2.75) is 25.8 Å². The number of carbonyl (C=O) groups is 1. The minimum absolute atomic E-state index is 0.0318. The summed E-state index contributed by atoms with van der Waals surface area (Å²) in [6.07, 6.45) is 2.23. The highest BCUT2D eigenvalue weighted by atomic mass is 16.5. The predicted molar refractivity (Wildman–Crippen MR) is 74.3 cm³/mol. The summed E-state index contributed by atoms with van der Waals surface area (Å²) in [5.41, 5.74) is 1.95. The topological polar surface area (TPSA) is 50.4 Å². The summed E-state index contributed by atoms with van der Waals surface area (Å²) in [6.45, 7) is 4.69. The molecule has 1 saturated carbocycles. The van der Waals surface area contributed by atoms with Crippen molar-refractivity contribution >= 4 is 11.6 Å². The monoisotopic (exact) mass is 260 g/mol. The van der Waals surface area contributed by atoms with Crippen LogP contribution in [0.4, 0.5) is 5.69 Å². The van der Waals surface area contributed by atoms with Crippen molar-refractivity contribution in [3.63, 3.8) is 0 Å². The molecule has 1 aromatic carbocycles. The van der Waals surface area contributed by atoms with Crippen molar-refractivity contribution in [3.05, 3.63) is 29.8 Å². The fourth-order valence-corrected chi connectivity index (χ4v) is 2.13. The van der Waals surface area contributed by atoms with Gasteiger partial charge < -0.3 is 15.4 Å². The van der Waals surface area contributed by atoms with Crippen LogP contribution >= 0.6 is 0 Å². The van der Waals surface area contributed by atoms with Crippen LogP contribution in [-0.2, 0) is 4.74 Å². The summed E-state index contributed by atoms with van der Waals surface area (Å²) in [5, 5.41) is 6.40. The lowest BCUT2D eigenvalue weighted by Gasteiger charge is -2.38. The van der Waals surface area contributed by atoms with Crippen LogP contribution in [0.5, 0.6) is 0 Å². The predicted octanol–water partition coefficient (Wildman–Crippen LogP) is 2.03. The Kier molecular flexibility index (Phi) is 3.19. The highest BCUT2D eigenvalue weighted by Gasteiger charge is 2.33. The van der Waals surface area contributed by atoms with E-state index < -0.39 is 0 Å². The zero-order chi connectivity index (χ0) is 13.3. The minimum Gasteiger partial charge on any atom is -0.384 e. The quantitative estimate of drug-likeness (QED) is 0.851. The number of benzene rings is 1. The molecule has 4 heteroatoms. The van der Waals surface area contributed by atoms with Crippen LogP contribution in [0, 0.1) is 5.41 Å². The first-order valence-corrected chi connectivity index (χ1v) is 6.87. The van der Waals surface area contributed by atoms with Crippen molar-refractivity contribution in [1.29, 1.82) is 0 Å². The van der Waals surface area contributed by atoms with E-state index in [4.69, 9.17) is 4.74 Å². The molecule has 1 aromatic rings. The molecule has 0 aromatic heterocycles. The van der Waals surface area contributed by atoms with Crippen LogP contribution in [0.1, 0.15) is 30.1 Å². The summed E-state index contributed by atoms with van der Waals surface area (Å²) in [4.78, 5) is 12.0. The largest absolute Gasteiger partial charge is 0.384 e. The Balaban J connectivity index is 1.60. The van der Waals surface area contributed by atoms with Crippen LogP contribution in [0.3, 0.4) is 0 Å². The second kappa shape index (κ2) is 4.85. The maximum absolute atomic E-state index is 12.0. The van der Waals surface area contributed by atoms with Crippen molar-refractivity contribution in [2.75, 3.05) is 25.1 Å². The van der Waals surface area contributed by atoms with Crippen LogP contribution in [-0.4, -0.2) is 31.7 Å². The van der Waals surface area contributed by atoms with Crippen LogP contribution < -0.4 is 10.6 Å². The lowest BCUT2D eigenvalue weighted by molar-refractivity contribution is -0.0924. The van der Waals surface area contributed by atoms with Crippen molar-refractivity contribution in [1.82, 2.24) is 5.32 Å². The molecule has 0 unspecified atom stereocenters. The van der Waals surface area contributed by atoms with Crippen LogP contribution in [0.25, 0.3) is 0 Å². The van der Waals surface area contributed by atoms with E-state index >= 15 is 0 Å². The third-order valence-electron chi connectivity index (χ3n) is 3.66. The fraction of sp³-hybridized carbons (Fsp3) is 0.533. The zero-order valence-electron chi connectivity index (χ0n) is 11.2. The zero-order valence-corrected chi connectivity index (χ0v) is 11.2. The molecular formula is C15H20N2O2. The number of hydrogen-bond donors (Lipinski definition) is 2. The molecule has 0 radical (unpaired) electrons. The Hall–Kier alpha value is -1.55. The molecule has 102 valence electrons. The molecule has 1 amide bonds. The highest BCUT2D eigenvalue weighted by Crippen LogP contribution is 2.27. The van der Waals surface area contributed by atoms with Crippen molar-refractivity contribution < 1.29 is 9.53 Å². The molecule has 1 aliphatic heterocycles. The molecule has 2 N–H and O–H groups in total. The van der Waals surface area contributed by atoms with E-state index in [0.29, 0.717) is 6.04 Å². The van der Waals surface area contributed by atoms with Gasteiger partial charge in [-0.05, 0) is 31.0 Å². The summed E-state index contributed by atoms with van der Waals surface area (Å²) in [6, 6.07) is 8.09. The van der Waals surface area contributed by atoms with E-state index in [1.807, 2.05) is 24.3 Å². The van der Waals surface area contributed by atoms with E-state index in [1.165, 1.54) is 0 Å². The molecule has 2 aliphatic rings.